The second-order valence-electron chi connectivity index (χ2n) is 8.94. The molecule has 5 unspecified atom stereocenters. The Hall–Kier alpha value is -0.390. The third-order valence-electron chi connectivity index (χ3n) is 7.75. The molecule has 0 bridgehead atoms. The Balaban J connectivity index is 1.63. The highest BCUT2D eigenvalue weighted by atomic mass is 79.9. The number of alkyl halides is 1. The number of hydrogen-bond acceptors (Lipinski definition) is 4. The normalized spacial score (nSPS) is 54.4. The van der Waals surface area contributed by atoms with Gasteiger partial charge in [0.1, 0.15) is 6.10 Å². The summed E-state index contributed by atoms with van der Waals surface area (Å²) in [7, 11) is 0. The number of aliphatic hydroxyl groups is 2. The minimum absolute atomic E-state index is 0.0649. The van der Waals surface area contributed by atoms with Crippen LogP contribution in [0.15, 0.2) is 12.2 Å². The van der Waals surface area contributed by atoms with E-state index in [1.165, 1.54) is 6.92 Å². The van der Waals surface area contributed by atoms with Crippen LogP contribution in [-0.2, 0) is 9.53 Å². The predicted molar refractivity (Wildman–Crippen MR) is 98.1 cm³/mol. The molecule has 0 aromatic rings. The molecule has 4 aliphatic carbocycles. The largest absolute Gasteiger partial charge is 0.461 e. The van der Waals surface area contributed by atoms with Crippen molar-refractivity contribution in [3.8, 4) is 0 Å². The zero-order chi connectivity index (χ0) is 17.9. The van der Waals surface area contributed by atoms with Crippen molar-refractivity contribution in [3.63, 3.8) is 0 Å². The van der Waals surface area contributed by atoms with E-state index in [-0.39, 0.29) is 40.4 Å². The van der Waals surface area contributed by atoms with Crippen molar-refractivity contribution in [3.05, 3.63) is 12.2 Å². The molecular formula is C20H29BrO4. The monoisotopic (exact) mass is 412 g/mol. The van der Waals surface area contributed by atoms with E-state index in [9.17, 15) is 15.0 Å². The molecule has 3 saturated carbocycles. The molecule has 0 spiro atoms. The maximum absolute atomic E-state index is 11.5. The molecule has 4 aliphatic rings. The van der Waals surface area contributed by atoms with E-state index in [1.807, 2.05) is 6.08 Å². The van der Waals surface area contributed by atoms with Crippen molar-refractivity contribution in [1.29, 1.82) is 0 Å². The third kappa shape index (κ3) is 2.81. The number of rotatable bonds is 1. The van der Waals surface area contributed by atoms with E-state index in [1.54, 1.807) is 0 Å². The van der Waals surface area contributed by atoms with Crippen molar-refractivity contribution in [1.82, 2.24) is 0 Å². The Morgan fingerprint density at radius 2 is 1.96 bits per heavy atom. The van der Waals surface area contributed by atoms with Gasteiger partial charge in [-0.1, -0.05) is 35.0 Å². The average Bonchev–Trinajstić information content (AvgIpc) is 2.85. The van der Waals surface area contributed by atoms with Crippen LogP contribution in [-0.4, -0.2) is 39.3 Å². The van der Waals surface area contributed by atoms with Gasteiger partial charge < -0.3 is 14.9 Å². The molecule has 0 aromatic carbocycles. The van der Waals surface area contributed by atoms with Crippen LogP contribution in [0.25, 0.3) is 0 Å². The first-order chi connectivity index (χ1) is 11.8. The Morgan fingerprint density at radius 1 is 1.20 bits per heavy atom. The Morgan fingerprint density at radius 3 is 2.68 bits per heavy atom. The quantitative estimate of drug-likeness (QED) is 0.394. The zero-order valence-electron chi connectivity index (χ0n) is 15.0. The molecule has 0 saturated heterocycles. The highest BCUT2D eigenvalue weighted by Crippen LogP contribution is 2.62. The number of halogens is 1. The van der Waals surface area contributed by atoms with Crippen LogP contribution in [0.1, 0.15) is 46.0 Å². The molecule has 4 nitrogen and oxygen atoms in total. The van der Waals surface area contributed by atoms with Gasteiger partial charge in [-0.3, -0.25) is 4.79 Å². The minimum atomic E-state index is -0.370. The van der Waals surface area contributed by atoms with Crippen LogP contribution < -0.4 is 0 Å². The smallest absolute Gasteiger partial charge is 0.302 e. The van der Waals surface area contributed by atoms with E-state index >= 15 is 0 Å². The first kappa shape index (κ1) is 18.0. The number of hydrogen-bond donors (Lipinski definition) is 2. The fourth-order valence-corrected chi connectivity index (χ4v) is 7.63. The van der Waals surface area contributed by atoms with Gasteiger partial charge in [-0.15, -0.1) is 0 Å². The zero-order valence-corrected chi connectivity index (χ0v) is 16.6. The number of esters is 1. The maximum atomic E-state index is 11.5. The van der Waals surface area contributed by atoms with Gasteiger partial charge in [-0.25, -0.2) is 0 Å². The number of carbonyl (C=O) groups is 1. The topological polar surface area (TPSA) is 66.8 Å². The molecule has 0 aliphatic heterocycles. The molecular weight excluding hydrogens is 384 g/mol. The van der Waals surface area contributed by atoms with Crippen molar-refractivity contribution >= 4 is 21.9 Å². The lowest BCUT2D eigenvalue weighted by atomic mass is 9.48. The molecule has 2 N–H and O–H groups in total. The SMILES string of the molecule is CC(=O)O[C@H]1[C@H](Br)CC2C3C(O)CC4C[C@@H](O)C=C[C@]4(C)C3CC[C@@H]21. The Kier molecular flexibility index (Phi) is 4.57. The van der Waals surface area contributed by atoms with Gasteiger partial charge in [-0.05, 0) is 61.2 Å². The van der Waals surface area contributed by atoms with Gasteiger partial charge in [0.05, 0.1) is 17.0 Å². The highest BCUT2D eigenvalue weighted by Gasteiger charge is 2.60. The summed E-state index contributed by atoms with van der Waals surface area (Å²) in [4.78, 5) is 11.7. The van der Waals surface area contributed by atoms with Gasteiger partial charge in [0.2, 0.25) is 0 Å². The Bertz CT molecular complexity index is 578. The number of allylic oxidation sites excluding steroid dienone is 1. The number of fused-ring (bicyclic) bond motifs is 5. The van der Waals surface area contributed by atoms with Gasteiger partial charge in [0, 0.05) is 12.8 Å². The summed E-state index contributed by atoms with van der Waals surface area (Å²) in [6.45, 7) is 3.81. The fourth-order valence-electron chi connectivity index (χ4n) is 6.70. The molecule has 3 fully saturated rings. The maximum Gasteiger partial charge on any atom is 0.302 e. The van der Waals surface area contributed by atoms with Crippen LogP contribution in [0.3, 0.4) is 0 Å². The predicted octanol–water partition coefficient (Wildman–Crippen LogP) is 3.05. The van der Waals surface area contributed by atoms with E-state index in [0.29, 0.717) is 23.7 Å². The molecule has 0 heterocycles. The molecule has 10 atom stereocenters. The summed E-state index contributed by atoms with van der Waals surface area (Å²) < 4.78 is 5.64. The lowest BCUT2D eigenvalue weighted by Gasteiger charge is -2.58. The van der Waals surface area contributed by atoms with E-state index < -0.39 is 0 Å². The molecule has 5 heteroatoms. The standard InChI is InChI=1S/C20H29BrO4/c1-10(22)25-19-13-3-4-15-18(14(13)9-16(19)21)17(24)8-11-7-12(23)5-6-20(11,15)2/h5-6,11-19,23-24H,3-4,7-9H2,1-2H3/t11?,12-,13-,14?,15?,16+,17?,18?,19+,20-/m0/s1. The summed E-state index contributed by atoms with van der Waals surface area (Å²) in [5.74, 6) is 1.61. The first-order valence-corrected chi connectivity index (χ1v) is 10.6. The molecule has 25 heavy (non-hydrogen) atoms. The first-order valence-electron chi connectivity index (χ1n) is 9.68. The molecule has 0 aromatic heterocycles. The lowest BCUT2D eigenvalue weighted by Crippen LogP contribution is -2.55. The van der Waals surface area contributed by atoms with Gasteiger partial charge in [0.15, 0.2) is 0 Å². The molecule has 4 rings (SSSR count). The van der Waals surface area contributed by atoms with Crippen LogP contribution in [0.5, 0.6) is 0 Å². The number of aliphatic hydroxyl groups excluding tert-OH is 2. The van der Waals surface area contributed by atoms with Crippen molar-refractivity contribution in [2.45, 2.75) is 69.1 Å². The summed E-state index contributed by atoms with van der Waals surface area (Å²) in [6, 6.07) is 0. The number of ether oxygens (including phenoxy) is 1. The number of carbonyl (C=O) groups excluding carboxylic acids is 1. The fraction of sp³-hybridized carbons (Fsp3) is 0.850. The summed E-state index contributed by atoms with van der Waals surface area (Å²) >= 11 is 3.74. The Labute approximate surface area is 158 Å². The molecule has 140 valence electrons. The summed E-state index contributed by atoms with van der Waals surface area (Å²) in [6.07, 6.45) is 8.06. The van der Waals surface area contributed by atoms with Crippen molar-refractivity contribution in [2.75, 3.05) is 0 Å². The second kappa shape index (κ2) is 6.35. The highest BCUT2D eigenvalue weighted by molar-refractivity contribution is 9.09. The van der Waals surface area contributed by atoms with Crippen LogP contribution in [0.2, 0.25) is 0 Å². The van der Waals surface area contributed by atoms with E-state index in [0.717, 1.165) is 32.1 Å². The van der Waals surface area contributed by atoms with E-state index in [2.05, 4.69) is 28.9 Å². The van der Waals surface area contributed by atoms with Crippen LogP contribution >= 0.6 is 15.9 Å². The third-order valence-corrected chi connectivity index (χ3v) is 8.65. The second-order valence-corrected chi connectivity index (χ2v) is 10.1. The van der Waals surface area contributed by atoms with E-state index in [4.69, 9.17) is 4.74 Å². The molecule has 0 radical (unpaired) electrons. The lowest BCUT2D eigenvalue weighted by molar-refractivity contribution is -0.154. The van der Waals surface area contributed by atoms with Crippen molar-refractivity contribution in [2.24, 2.45) is 35.0 Å². The van der Waals surface area contributed by atoms with Gasteiger partial charge in [-0.2, -0.15) is 0 Å². The van der Waals surface area contributed by atoms with Crippen LogP contribution in [0, 0.1) is 35.0 Å². The summed E-state index contributed by atoms with van der Waals surface area (Å²) in [5, 5.41) is 21.0. The molecule has 0 amide bonds. The van der Waals surface area contributed by atoms with Gasteiger partial charge in [0.25, 0.3) is 0 Å². The minimum Gasteiger partial charge on any atom is -0.461 e. The van der Waals surface area contributed by atoms with Gasteiger partial charge >= 0.3 is 5.97 Å². The summed E-state index contributed by atoms with van der Waals surface area (Å²) in [5.41, 5.74) is 0.0649. The van der Waals surface area contributed by atoms with Crippen LogP contribution in [0.4, 0.5) is 0 Å². The average molecular weight is 413 g/mol. The van der Waals surface area contributed by atoms with Crippen molar-refractivity contribution < 1.29 is 19.7 Å².